The molecule has 1 aromatic carbocycles. The zero-order chi connectivity index (χ0) is 18.1. The predicted octanol–water partition coefficient (Wildman–Crippen LogP) is 2.30. The summed E-state index contributed by atoms with van der Waals surface area (Å²) in [7, 11) is 3.88. The lowest BCUT2D eigenvalue weighted by molar-refractivity contribution is -0.117. The molecule has 0 radical (unpaired) electrons. The first kappa shape index (κ1) is 19.4. The summed E-state index contributed by atoms with van der Waals surface area (Å²) in [6, 6.07) is 7.28. The van der Waals surface area contributed by atoms with Crippen LogP contribution in [-0.4, -0.2) is 50.4 Å². The zero-order valence-corrected chi connectivity index (χ0v) is 15.3. The van der Waals surface area contributed by atoms with Gasteiger partial charge in [0.05, 0.1) is 0 Å². The molecule has 6 heteroatoms. The highest BCUT2D eigenvalue weighted by molar-refractivity contribution is 5.93. The summed E-state index contributed by atoms with van der Waals surface area (Å²) in [5, 5.41) is 9.13. The van der Waals surface area contributed by atoms with E-state index in [9.17, 15) is 9.59 Å². The first-order valence-electron chi connectivity index (χ1n) is 9.08. The molecule has 25 heavy (non-hydrogen) atoms. The van der Waals surface area contributed by atoms with E-state index in [0.29, 0.717) is 18.8 Å². The van der Waals surface area contributed by atoms with Gasteiger partial charge in [-0.2, -0.15) is 0 Å². The van der Waals surface area contributed by atoms with Gasteiger partial charge in [0.1, 0.15) is 0 Å². The Bertz CT molecular complexity index is 551. The van der Waals surface area contributed by atoms with Crippen LogP contribution in [0.4, 0.5) is 11.4 Å². The highest BCUT2D eigenvalue weighted by Crippen LogP contribution is 2.19. The van der Waals surface area contributed by atoms with Crippen LogP contribution in [0.15, 0.2) is 24.3 Å². The van der Waals surface area contributed by atoms with E-state index in [4.69, 9.17) is 0 Å². The Kier molecular flexibility index (Phi) is 7.88. The van der Waals surface area contributed by atoms with Gasteiger partial charge in [0, 0.05) is 30.8 Å². The minimum absolute atomic E-state index is 0.00698. The van der Waals surface area contributed by atoms with Crippen molar-refractivity contribution in [1.29, 1.82) is 0 Å². The summed E-state index contributed by atoms with van der Waals surface area (Å²) in [4.78, 5) is 25.8. The molecule has 0 bridgehead atoms. The minimum atomic E-state index is -0.00698. The van der Waals surface area contributed by atoms with E-state index in [1.807, 2.05) is 43.3 Å². The summed E-state index contributed by atoms with van der Waals surface area (Å²) >= 11 is 0. The number of carbonyl (C=O) groups excluding carboxylic acids is 2. The lowest BCUT2D eigenvalue weighted by Gasteiger charge is -2.22. The molecule has 0 spiro atoms. The SMILES string of the molecule is CN(C)CCC(=O)Nc1ccc(NC(=O)CCC2CCNCC2)cc1. The lowest BCUT2D eigenvalue weighted by Crippen LogP contribution is -2.28. The molecule has 1 aliphatic rings. The van der Waals surface area contributed by atoms with E-state index in [0.717, 1.165) is 50.3 Å². The molecule has 1 saturated heterocycles. The Morgan fingerprint density at radius 2 is 1.52 bits per heavy atom. The minimum Gasteiger partial charge on any atom is -0.326 e. The normalized spacial score (nSPS) is 15.2. The fourth-order valence-electron chi connectivity index (χ4n) is 2.91. The lowest BCUT2D eigenvalue weighted by atomic mass is 9.93. The molecule has 0 saturated carbocycles. The van der Waals surface area contributed by atoms with Crippen LogP contribution in [0.3, 0.4) is 0 Å². The molecule has 1 fully saturated rings. The summed E-state index contributed by atoms with van der Waals surface area (Å²) in [5.41, 5.74) is 1.51. The van der Waals surface area contributed by atoms with Crippen LogP contribution >= 0.6 is 0 Å². The molecular formula is C19H30N4O2. The first-order chi connectivity index (χ1) is 12.0. The van der Waals surface area contributed by atoms with E-state index >= 15 is 0 Å². The molecule has 2 rings (SSSR count). The maximum atomic E-state index is 12.1. The Hall–Kier alpha value is -1.92. The third-order valence-electron chi connectivity index (χ3n) is 4.48. The molecule has 0 unspecified atom stereocenters. The fourth-order valence-corrected chi connectivity index (χ4v) is 2.91. The Labute approximate surface area is 150 Å². The Morgan fingerprint density at radius 1 is 1.00 bits per heavy atom. The van der Waals surface area contributed by atoms with Gasteiger partial charge in [0.15, 0.2) is 0 Å². The second-order valence-corrected chi connectivity index (χ2v) is 6.96. The molecule has 1 heterocycles. The van der Waals surface area contributed by atoms with E-state index < -0.39 is 0 Å². The van der Waals surface area contributed by atoms with Crippen LogP contribution in [0, 0.1) is 5.92 Å². The number of hydrogen-bond donors (Lipinski definition) is 3. The largest absolute Gasteiger partial charge is 0.326 e. The molecule has 0 aliphatic carbocycles. The third kappa shape index (κ3) is 7.67. The molecule has 138 valence electrons. The highest BCUT2D eigenvalue weighted by atomic mass is 16.2. The van der Waals surface area contributed by atoms with Crippen molar-refractivity contribution in [1.82, 2.24) is 10.2 Å². The van der Waals surface area contributed by atoms with Crippen molar-refractivity contribution in [2.45, 2.75) is 32.1 Å². The van der Waals surface area contributed by atoms with Crippen LogP contribution in [0.2, 0.25) is 0 Å². The van der Waals surface area contributed by atoms with Gasteiger partial charge in [-0.3, -0.25) is 9.59 Å². The van der Waals surface area contributed by atoms with Crippen LogP contribution in [0.25, 0.3) is 0 Å². The number of hydrogen-bond acceptors (Lipinski definition) is 4. The van der Waals surface area contributed by atoms with Crippen LogP contribution in [0.1, 0.15) is 32.1 Å². The molecule has 0 aromatic heterocycles. The van der Waals surface area contributed by atoms with Crippen LogP contribution in [-0.2, 0) is 9.59 Å². The van der Waals surface area contributed by atoms with Crippen molar-refractivity contribution in [3.05, 3.63) is 24.3 Å². The fraction of sp³-hybridized carbons (Fsp3) is 0.579. The summed E-state index contributed by atoms with van der Waals surface area (Å²) in [6.07, 6.45) is 4.30. The Morgan fingerprint density at radius 3 is 2.04 bits per heavy atom. The van der Waals surface area contributed by atoms with Gasteiger partial charge in [-0.15, -0.1) is 0 Å². The number of anilines is 2. The van der Waals surface area contributed by atoms with Crippen molar-refractivity contribution < 1.29 is 9.59 Å². The first-order valence-corrected chi connectivity index (χ1v) is 9.08. The number of benzene rings is 1. The third-order valence-corrected chi connectivity index (χ3v) is 4.48. The topological polar surface area (TPSA) is 73.5 Å². The maximum Gasteiger partial charge on any atom is 0.225 e. The molecule has 0 atom stereocenters. The van der Waals surface area contributed by atoms with Gasteiger partial charge in [-0.25, -0.2) is 0 Å². The predicted molar refractivity (Wildman–Crippen MR) is 102 cm³/mol. The molecule has 6 nitrogen and oxygen atoms in total. The average molecular weight is 346 g/mol. The van der Waals surface area contributed by atoms with Gasteiger partial charge in [0.2, 0.25) is 11.8 Å². The summed E-state index contributed by atoms with van der Waals surface area (Å²) in [6.45, 7) is 2.85. The van der Waals surface area contributed by atoms with Crippen molar-refractivity contribution in [3.63, 3.8) is 0 Å². The molecular weight excluding hydrogens is 316 g/mol. The van der Waals surface area contributed by atoms with Gasteiger partial charge in [-0.1, -0.05) is 0 Å². The number of nitrogens with zero attached hydrogens (tertiary/aromatic N) is 1. The average Bonchev–Trinajstić information content (AvgIpc) is 2.61. The number of piperidine rings is 1. The van der Waals surface area contributed by atoms with Gasteiger partial charge in [0.25, 0.3) is 0 Å². The van der Waals surface area contributed by atoms with Crippen molar-refractivity contribution in [2.24, 2.45) is 5.92 Å². The van der Waals surface area contributed by atoms with Crippen molar-refractivity contribution in [3.8, 4) is 0 Å². The van der Waals surface area contributed by atoms with Gasteiger partial charge in [-0.05, 0) is 76.6 Å². The second kappa shape index (κ2) is 10.2. The molecule has 1 aliphatic heterocycles. The number of rotatable bonds is 8. The summed E-state index contributed by atoms with van der Waals surface area (Å²) < 4.78 is 0. The van der Waals surface area contributed by atoms with E-state index in [2.05, 4.69) is 16.0 Å². The molecule has 1 aromatic rings. The van der Waals surface area contributed by atoms with E-state index in [-0.39, 0.29) is 11.8 Å². The molecule has 3 N–H and O–H groups in total. The smallest absolute Gasteiger partial charge is 0.225 e. The number of nitrogens with one attached hydrogen (secondary N) is 3. The number of amides is 2. The standard InChI is InChI=1S/C19H30N4O2/c1-23(2)14-11-19(25)22-17-6-4-16(5-7-17)21-18(24)8-3-15-9-12-20-13-10-15/h4-7,15,20H,3,8-14H2,1-2H3,(H,21,24)(H,22,25). The number of carbonyl (C=O) groups is 2. The van der Waals surface area contributed by atoms with Crippen LogP contribution < -0.4 is 16.0 Å². The maximum absolute atomic E-state index is 12.1. The highest BCUT2D eigenvalue weighted by Gasteiger charge is 2.14. The summed E-state index contributed by atoms with van der Waals surface area (Å²) in [5.74, 6) is 0.709. The van der Waals surface area contributed by atoms with Crippen molar-refractivity contribution >= 4 is 23.2 Å². The van der Waals surface area contributed by atoms with Gasteiger partial charge >= 0.3 is 0 Å². The van der Waals surface area contributed by atoms with E-state index in [1.54, 1.807) is 0 Å². The quantitative estimate of drug-likeness (QED) is 0.675. The zero-order valence-electron chi connectivity index (χ0n) is 15.3. The van der Waals surface area contributed by atoms with Crippen LogP contribution in [0.5, 0.6) is 0 Å². The Balaban J connectivity index is 1.71. The van der Waals surface area contributed by atoms with E-state index in [1.165, 1.54) is 0 Å². The second-order valence-electron chi connectivity index (χ2n) is 6.96. The monoisotopic (exact) mass is 346 g/mol. The van der Waals surface area contributed by atoms with Crippen molar-refractivity contribution in [2.75, 3.05) is 44.4 Å². The van der Waals surface area contributed by atoms with Gasteiger partial charge < -0.3 is 20.9 Å². The molecule has 2 amide bonds.